The SMILES string of the molecule is CC(=O)C[C@H](CC(=O)[C@H](CC(=O)O)NC(=O)CCCNc1cc(C)ccn1)c1ccc(-c2ccc(C)c3ccccc23)cc1. The summed E-state index contributed by atoms with van der Waals surface area (Å²) in [5.41, 5.74) is 5.17. The highest BCUT2D eigenvalue weighted by Crippen LogP contribution is 2.33. The van der Waals surface area contributed by atoms with Gasteiger partial charge in [-0.2, -0.15) is 0 Å². The Balaban J connectivity index is 1.43. The van der Waals surface area contributed by atoms with Crippen LogP contribution < -0.4 is 10.6 Å². The molecule has 0 spiro atoms. The lowest BCUT2D eigenvalue weighted by Gasteiger charge is -2.21. The fourth-order valence-electron chi connectivity index (χ4n) is 5.46. The average Bonchev–Trinajstić information content (AvgIpc) is 2.99. The van der Waals surface area contributed by atoms with Crippen molar-refractivity contribution in [2.24, 2.45) is 0 Å². The second kappa shape index (κ2) is 15.0. The highest BCUT2D eigenvalue weighted by molar-refractivity contribution is 5.98. The van der Waals surface area contributed by atoms with E-state index in [2.05, 4.69) is 46.8 Å². The summed E-state index contributed by atoms with van der Waals surface area (Å²) in [4.78, 5) is 54.0. The summed E-state index contributed by atoms with van der Waals surface area (Å²) in [6.07, 6.45) is 1.84. The van der Waals surface area contributed by atoms with Crippen molar-refractivity contribution in [3.63, 3.8) is 0 Å². The number of hydrogen-bond donors (Lipinski definition) is 3. The molecule has 1 amide bonds. The number of nitrogens with zero attached hydrogens (tertiary/aromatic N) is 1. The number of aryl methyl sites for hydroxylation is 2. The van der Waals surface area contributed by atoms with Gasteiger partial charge in [0, 0.05) is 32.0 Å². The first-order valence-electron chi connectivity index (χ1n) is 14.9. The van der Waals surface area contributed by atoms with Gasteiger partial charge >= 0.3 is 5.97 Å². The monoisotopic (exact) mass is 593 g/mol. The number of hydrogen-bond acceptors (Lipinski definition) is 6. The fourth-order valence-corrected chi connectivity index (χ4v) is 5.46. The zero-order valence-corrected chi connectivity index (χ0v) is 25.4. The molecule has 4 aromatic rings. The van der Waals surface area contributed by atoms with Crippen LogP contribution >= 0.6 is 0 Å². The maximum absolute atomic E-state index is 13.4. The van der Waals surface area contributed by atoms with Gasteiger partial charge in [0.1, 0.15) is 11.6 Å². The quantitative estimate of drug-likeness (QED) is 0.136. The summed E-state index contributed by atoms with van der Waals surface area (Å²) in [5.74, 6) is -1.81. The van der Waals surface area contributed by atoms with Gasteiger partial charge in [0.25, 0.3) is 0 Å². The van der Waals surface area contributed by atoms with Crippen LogP contribution in [0.5, 0.6) is 0 Å². The highest BCUT2D eigenvalue weighted by Gasteiger charge is 2.27. The van der Waals surface area contributed by atoms with E-state index in [0.717, 1.165) is 27.6 Å². The number of amides is 1. The lowest BCUT2D eigenvalue weighted by molar-refractivity contribution is -0.140. The molecule has 0 aliphatic rings. The topological polar surface area (TPSA) is 125 Å². The maximum Gasteiger partial charge on any atom is 0.305 e. The Kier molecular flexibility index (Phi) is 11.0. The molecule has 4 rings (SSSR count). The molecule has 3 aromatic carbocycles. The van der Waals surface area contributed by atoms with Gasteiger partial charge in [-0.15, -0.1) is 0 Å². The lowest BCUT2D eigenvalue weighted by atomic mass is 9.86. The highest BCUT2D eigenvalue weighted by atomic mass is 16.4. The molecular formula is C36H39N3O5. The molecule has 3 N–H and O–H groups in total. The molecule has 1 aromatic heterocycles. The van der Waals surface area contributed by atoms with Crippen LogP contribution in [0, 0.1) is 13.8 Å². The molecule has 0 aliphatic carbocycles. The Morgan fingerprint density at radius 2 is 1.59 bits per heavy atom. The summed E-state index contributed by atoms with van der Waals surface area (Å²) in [6, 6.07) is 22.8. The first-order valence-corrected chi connectivity index (χ1v) is 14.9. The molecule has 0 bridgehead atoms. The van der Waals surface area contributed by atoms with E-state index in [9.17, 15) is 24.3 Å². The number of anilines is 1. The molecule has 0 saturated heterocycles. The van der Waals surface area contributed by atoms with Crippen molar-refractivity contribution >= 4 is 40.0 Å². The molecule has 0 fully saturated rings. The number of aromatic nitrogens is 1. The number of fused-ring (bicyclic) bond motifs is 1. The number of benzene rings is 3. The number of carboxylic acids is 1. The minimum absolute atomic E-state index is 0.0643. The van der Waals surface area contributed by atoms with E-state index < -0.39 is 36.0 Å². The van der Waals surface area contributed by atoms with Gasteiger partial charge in [0.15, 0.2) is 5.78 Å². The number of Topliss-reactive ketones (excluding diaryl/α,β-unsaturated/α-hetero) is 2. The molecule has 8 heteroatoms. The molecule has 44 heavy (non-hydrogen) atoms. The number of nitrogens with one attached hydrogen (secondary N) is 2. The second-order valence-electron chi connectivity index (χ2n) is 11.3. The smallest absolute Gasteiger partial charge is 0.305 e. The predicted molar refractivity (Wildman–Crippen MR) is 173 cm³/mol. The Labute approximate surface area is 257 Å². The minimum Gasteiger partial charge on any atom is -0.481 e. The summed E-state index contributed by atoms with van der Waals surface area (Å²) < 4.78 is 0. The van der Waals surface area contributed by atoms with Crippen LogP contribution in [-0.4, -0.2) is 46.1 Å². The van der Waals surface area contributed by atoms with Crippen molar-refractivity contribution in [3.05, 3.63) is 95.7 Å². The standard InChI is InChI=1S/C36H39N3O5/c1-23-16-18-38-34(19-23)37-17-6-9-35(42)39-32(22-36(43)44)33(41)21-28(20-25(3)40)26-11-13-27(14-12-26)30-15-10-24(2)29-7-4-5-8-31(29)30/h4-5,7-8,10-16,18-19,28,32H,6,9,17,20-22H2,1-3H3,(H,37,38)(H,39,42)(H,43,44)/t28-,32+/m1/s1. The normalized spacial score (nSPS) is 12.3. The number of carboxylic acid groups (broad SMARTS) is 1. The van der Waals surface area contributed by atoms with Crippen molar-refractivity contribution in [2.45, 2.75) is 64.8 Å². The van der Waals surface area contributed by atoms with Gasteiger partial charge in [0.05, 0.1) is 12.5 Å². The number of pyridine rings is 1. The van der Waals surface area contributed by atoms with Gasteiger partial charge in [0.2, 0.25) is 5.91 Å². The van der Waals surface area contributed by atoms with Crippen LogP contribution in [0.3, 0.4) is 0 Å². The summed E-state index contributed by atoms with van der Waals surface area (Å²) in [5, 5.41) is 17.6. The first-order chi connectivity index (χ1) is 21.1. The summed E-state index contributed by atoms with van der Waals surface area (Å²) in [7, 11) is 0. The van der Waals surface area contributed by atoms with Gasteiger partial charge in [-0.05, 0) is 83.8 Å². The summed E-state index contributed by atoms with van der Waals surface area (Å²) >= 11 is 0. The van der Waals surface area contributed by atoms with E-state index in [1.807, 2.05) is 55.5 Å². The summed E-state index contributed by atoms with van der Waals surface area (Å²) in [6.45, 7) is 6.01. The van der Waals surface area contributed by atoms with E-state index in [4.69, 9.17) is 0 Å². The predicted octanol–water partition coefficient (Wildman–Crippen LogP) is 6.39. The van der Waals surface area contributed by atoms with Gasteiger partial charge < -0.3 is 20.5 Å². The number of aliphatic carboxylic acids is 1. The largest absolute Gasteiger partial charge is 0.481 e. The Hall–Kier alpha value is -4.85. The van der Waals surface area contributed by atoms with Crippen LogP contribution in [0.2, 0.25) is 0 Å². The van der Waals surface area contributed by atoms with E-state index in [1.165, 1.54) is 17.9 Å². The Bertz CT molecular complexity index is 1650. The van der Waals surface area contributed by atoms with Crippen molar-refractivity contribution in [1.82, 2.24) is 10.3 Å². The van der Waals surface area contributed by atoms with Crippen molar-refractivity contribution in [2.75, 3.05) is 11.9 Å². The van der Waals surface area contributed by atoms with Crippen molar-refractivity contribution < 1.29 is 24.3 Å². The van der Waals surface area contributed by atoms with Crippen molar-refractivity contribution in [1.29, 1.82) is 0 Å². The molecular weight excluding hydrogens is 554 g/mol. The van der Waals surface area contributed by atoms with E-state index in [1.54, 1.807) is 6.20 Å². The molecule has 0 unspecified atom stereocenters. The first kappa shape index (κ1) is 32.1. The molecule has 2 atom stereocenters. The molecule has 0 radical (unpaired) electrons. The third kappa shape index (κ3) is 8.83. The van der Waals surface area contributed by atoms with Gasteiger partial charge in [-0.25, -0.2) is 4.98 Å². The number of ketones is 2. The van der Waals surface area contributed by atoms with E-state index in [0.29, 0.717) is 18.8 Å². The molecule has 0 saturated carbocycles. The average molecular weight is 594 g/mol. The van der Waals surface area contributed by atoms with E-state index in [-0.39, 0.29) is 25.0 Å². The number of carbonyl (C=O) groups is 4. The Morgan fingerprint density at radius 1 is 0.864 bits per heavy atom. The number of carbonyl (C=O) groups excluding carboxylic acids is 3. The zero-order valence-electron chi connectivity index (χ0n) is 25.4. The molecule has 8 nitrogen and oxygen atoms in total. The van der Waals surface area contributed by atoms with Gasteiger partial charge in [-0.3, -0.25) is 14.4 Å². The third-order valence-electron chi connectivity index (χ3n) is 7.72. The molecule has 1 heterocycles. The van der Waals surface area contributed by atoms with Gasteiger partial charge in [-0.1, -0.05) is 60.7 Å². The minimum atomic E-state index is -1.19. The van der Waals surface area contributed by atoms with Crippen LogP contribution in [0.15, 0.2) is 79.0 Å². The second-order valence-corrected chi connectivity index (χ2v) is 11.3. The van der Waals surface area contributed by atoms with E-state index >= 15 is 0 Å². The number of rotatable bonds is 15. The third-order valence-corrected chi connectivity index (χ3v) is 7.72. The lowest BCUT2D eigenvalue weighted by Crippen LogP contribution is -2.42. The van der Waals surface area contributed by atoms with Crippen LogP contribution in [0.25, 0.3) is 21.9 Å². The maximum atomic E-state index is 13.4. The van der Waals surface area contributed by atoms with Crippen LogP contribution in [-0.2, 0) is 19.2 Å². The van der Waals surface area contributed by atoms with Crippen LogP contribution in [0.4, 0.5) is 5.82 Å². The Morgan fingerprint density at radius 3 is 2.27 bits per heavy atom. The van der Waals surface area contributed by atoms with Crippen LogP contribution in [0.1, 0.15) is 61.6 Å². The fraction of sp³-hybridized carbons (Fsp3) is 0.306. The molecule has 0 aliphatic heterocycles. The van der Waals surface area contributed by atoms with Crippen molar-refractivity contribution in [3.8, 4) is 11.1 Å². The molecule has 228 valence electrons. The zero-order chi connectivity index (χ0) is 31.6.